The Morgan fingerprint density at radius 1 is 0.771 bits per heavy atom. The van der Waals surface area contributed by atoms with Crippen LogP contribution in [-0.2, 0) is 7.05 Å². The minimum atomic E-state index is -0.719. The van der Waals surface area contributed by atoms with Crippen molar-refractivity contribution in [3.05, 3.63) is 126 Å². The van der Waals surface area contributed by atoms with E-state index in [9.17, 15) is 15.3 Å². The van der Waals surface area contributed by atoms with Gasteiger partial charge in [0, 0.05) is 51.8 Å². The Bertz CT molecular complexity index is 2340. The van der Waals surface area contributed by atoms with Crippen LogP contribution in [0.2, 0.25) is 0 Å². The molecule has 5 aromatic carbocycles. The van der Waals surface area contributed by atoms with Gasteiger partial charge in [0.05, 0.1) is 0 Å². The lowest BCUT2D eigenvalue weighted by atomic mass is 9.37. The van der Waals surface area contributed by atoms with E-state index in [1.54, 1.807) is 0 Å². The second kappa shape index (κ2) is 8.71. The summed E-state index contributed by atoms with van der Waals surface area (Å²) in [5.41, 5.74) is 4.92. The minimum Gasteiger partial charge on any atom is -0.851 e. The molecule has 6 aliphatic rings. The Hall–Kier alpha value is -4.58. The van der Waals surface area contributed by atoms with Gasteiger partial charge in [0.15, 0.2) is 0 Å². The topological polar surface area (TPSA) is 74.5 Å². The predicted octanol–water partition coefficient (Wildman–Crippen LogP) is 6.21. The first-order chi connectivity index (χ1) is 23.3. The van der Waals surface area contributed by atoms with Crippen molar-refractivity contribution in [2.24, 2.45) is 41.0 Å². The highest BCUT2D eigenvalue weighted by molar-refractivity contribution is 6.11. The first-order valence-electron chi connectivity index (χ1n) is 17.4. The number of hydrogen-bond acceptors (Lipinski definition) is 4. The van der Waals surface area contributed by atoms with Crippen LogP contribution in [0.1, 0.15) is 29.9 Å². The molecule has 1 N–H and O–H groups in total. The van der Waals surface area contributed by atoms with E-state index in [1.165, 1.54) is 32.6 Å². The lowest BCUT2D eigenvalue weighted by molar-refractivity contribution is -0.519. The fraction of sp³-hybridized carbons (Fsp3) is 0.302. The van der Waals surface area contributed by atoms with Crippen LogP contribution in [0.25, 0.3) is 27.8 Å². The number of phenols is 1. The highest BCUT2D eigenvalue weighted by Crippen LogP contribution is 2.98. The smallest absolute Gasteiger partial charge is 0.121 e. The van der Waals surface area contributed by atoms with Crippen LogP contribution in [0.4, 0.5) is 17.1 Å². The molecule has 3 bridgehead atoms. The predicted molar refractivity (Wildman–Crippen MR) is 185 cm³/mol. The van der Waals surface area contributed by atoms with Crippen LogP contribution < -0.4 is 20.5 Å². The van der Waals surface area contributed by atoms with Crippen LogP contribution in [0, 0.1) is 40.9 Å². The van der Waals surface area contributed by atoms with E-state index >= 15 is 0 Å². The molecule has 5 nitrogen and oxygen atoms in total. The molecule has 5 heteroatoms. The van der Waals surface area contributed by atoms with Crippen molar-refractivity contribution in [2.75, 3.05) is 4.90 Å². The van der Waals surface area contributed by atoms with Crippen molar-refractivity contribution in [3.63, 3.8) is 0 Å². The normalized spacial score (nSPS) is 35.4. The summed E-state index contributed by atoms with van der Waals surface area (Å²) >= 11 is 0. The van der Waals surface area contributed by atoms with E-state index in [4.69, 9.17) is 0 Å². The monoisotopic (exact) mass is 628 g/mol. The number of benzene rings is 5. The summed E-state index contributed by atoms with van der Waals surface area (Å²) in [7, 11) is 2.13. The summed E-state index contributed by atoms with van der Waals surface area (Å²) in [4.78, 5) is 2.13. The molecule has 6 fully saturated rings. The molecular weight excluding hydrogens is 592 g/mol. The van der Waals surface area contributed by atoms with Crippen LogP contribution in [0.15, 0.2) is 109 Å². The summed E-state index contributed by atoms with van der Waals surface area (Å²) in [6.45, 7) is 2.16. The SMILES string of the molecule is Cc1ccc2c3c1cccc3/c(=C\C1C3[C@H]4C([O-])C45CC4(CC13C4[O-])C5c1ccc(N(c3ccccc3)c3ccccc3)cc1O)n2C. The first kappa shape index (κ1) is 27.4. The van der Waals surface area contributed by atoms with E-state index in [1.807, 2.05) is 48.5 Å². The van der Waals surface area contributed by atoms with E-state index < -0.39 is 23.0 Å². The highest BCUT2D eigenvalue weighted by atomic mass is 16.3. The van der Waals surface area contributed by atoms with Crippen molar-refractivity contribution in [2.45, 2.75) is 37.9 Å². The van der Waals surface area contributed by atoms with Gasteiger partial charge in [0.25, 0.3) is 0 Å². The van der Waals surface area contributed by atoms with Crippen molar-refractivity contribution in [1.29, 1.82) is 0 Å². The van der Waals surface area contributed by atoms with Gasteiger partial charge in [-0.1, -0.05) is 72.8 Å². The molecule has 6 aromatic rings. The van der Waals surface area contributed by atoms with E-state index in [-0.39, 0.29) is 34.8 Å². The molecule has 8 unspecified atom stereocenters. The van der Waals surface area contributed by atoms with E-state index in [0.717, 1.165) is 35.5 Å². The van der Waals surface area contributed by atoms with Crippen LogP contribution in [0.5, 0.6) is 5.75 Å². The van der Waals surface area contributed by atoms with Gasteiger partial charge in [-0.25, -0.2) is 0 Å². The van der Waals surface area contributed by atoms with Crippen molar-refractivity contribution < 1.29 is 15.3 Å². The summed E-state index contributed by atoms with van der Waals surface area (Å²) in [6.07, 6.45) is 2.57. The molecule has 3 spiro atoms. The third-order valence-electron chi connectivity index (χ3n) is 13.9. The zero-order valence-corrected chi connectivity index (χ0v) is 27.0. The van der Waals surface area contributed by atoms with E-state index in [0.29, 0.717) is 0 Å². The maximum absolute atomic E-state index is 14.7. The second-order valence-electron chi connectivity index (χ2n) is 15.6. The number of hydrogen-bond donors (Lipinski definition) is 1. The number of anilines is 3. The van der Waals surface area contributed by atoms with Gasteiger partial charge in [-0.2, -0.15) is 0 Å². The molecule has 0 saturated heterocycles. The molecule has 0 aliphatic heterocycles. The molecule has 238 valence electrons. The Kier molecular flexibility index (Phi) is 4.97. The number of aromatic nitrogens is 1. The van der Waals surface area contributed by atoms with Crippen LogP contribution in [-0.4, -0.2) is 21.9 Å². The maximum Gasteiger partial charge on any atom is 0.121 e. The average Bonchev–Trinajstić information content (AvgIpc) is 3.94. The molecule has 1 aromatic heterocycles. The molecule has 1 heterocycles. The quantitative estimate of drug-likeness (QED) is 0.246. The molecule has 12 rings (SSSR count). The zero-order chi connectivity index (χ0) is 32.3. The minimum absolute atomic E-state index is 0.00439. The van der Waals surface area contributed by atoms with Gasteiger partial charge < -0.3 is 24.8 Å². The summed E-state index contributed by atoms with van der Waals surface area (Å²) in [5, 5.41) is 45.4. The Morgan fingerprint density at radius 3 is 2.15 bits per heavy atom. The number of rotatable bonds is 5. The Balaban J connectivity index is 0.978. The number of phenolic OH excluding ortho intramolecular Hbond substituents is 1. The summed E-state index contributed by atoms with van der Waals surface area (Å²) in [6, 6.07) is 37.1. The lowest BCUT2D eigenvalue weighted by Gasteiger charge is -2.73. The zero-order valence-electron chi connectivity index (χ0n) is 27.0. The van der Waals surface area contributed by atoms with Gasteiger partial charge in [0.1, 0.15) is 5.75 Å². The van der Waals surface area contributed by atoms with Crippen LogP contribution >= 0.6 is 0 Å². The first-order valence-corrected chi connectivity index (χ1v) is 17.4. The van der Waals surface area contributed by atoms with Crippen LogP contribution in [0.3, 0.4) is 0 Å². The maximum atomic E-state index is 14.7. The Labute approximate surface area is 279 Å². The fourth-order valence-corrected chi connectivity index (χ4v) is 12.0. The molecule has 48 heavy (non-hydrogen) atoms. The van der Waals surface area contributed by atoms with Gasteiger partial charge in [-0.15, -0.1) is 12.2 Å². The number of aromatic hydroxyl groups is 1. The number of para-hydroxylation sites is 2. The van der Waals surface area contributed by atoms with Gasteiger partial charge in [0.2, 0.25) is 0 Å². The number of nitrogens with zero attached hydrogens (tertiary/aromatic N) is 2. The summed E-state index contributed by atoms with van der Waals surface area (Å²) < 4.78 is 2.29. The molecule has 6 aliphatic carbocycles. The molecule has 0 radical (unpaired) electrons. The molecule has 9 atom stereocenters. The largest absolute Gasteiger partial charge is 0.851 e. The molecular formula is C43H36N2O3-2. The second-order valence-corrected chi connectivity index (χ2v) is 15.6. The van der Waals surface area contributed by atoms with Gasteiger partial charge >= 0.3 is 0 Å². The van der Waals surface area contributed by atoms with E-state index in [2.05, 4.69) is 90.2 Å². The fourth-order valence-electron chi connectivity index (χ4n) is 12.0. The third kappa shape index (κ3) is 2.95. The Morgan fingerprint density at radius 2 is 1.46 bits per heavy atom. The highest BCUT2D eigenvalue weighted by Gasteiger charge is 2.94. The average molecular weight is 629 g/mol. The standard InChI is InChI=1S/C43H36N2O3/c1-24-16-19-32-35-28(24)14-9-15-29(35)33(44(32)2)21-31-36-37-39(47)43(37)23-41(22-42(31,36)40(41)48)38(43)30-18-17-27(20-34(30)46)45(25-10-5-3-6-11-25)26-12-7-4-8-13-26/h3-21,31,36-40,46H,22-23H2,1-2H3/q-2/b33-21+/t31?,36?,37-,38?,39?,40?,41?,42?,43?/m0/s1. The third-order valence-corrected chi connectivity index (χ3v) is 13.9. The molecule has 0 amide bonds. The van der Waals surface area contributed by atoms with Gasteiger partial charge in [-0.05, 0) is 113 Å². The lowest BCUT2D eigenvalue weighted by Crippen LogP contribution is -2.71. The summed E-state index contributed by atoms with van der Waals surface area (Å²) in [5.74, 6) is 0.304. The van der Waals surface area contributed by atoms with Gasteiger partial charge in [-0.3, -0.25) is 0 Å². The number of aryl methyl sites for hydroxylation is 2. The van der Waals surface area contributed by atoms with Crippen molar-refractivity contribution in [3.8, 4) is 5.75 Å². The van der Waals surface area contributed by atoms with Crippen molar-refractivity contribution in [1.82, 2.24) is 4.57 Å². The molecule has 6 saturated carbocycles. The van der Waals surface area contributed by atoms with Crippen molar-refractivity contribution >= 4 is 44.8 Å².